The lowest BCUT2D eigenvalue weighted by atomic mass is 10.0. The summed E-state index contributed by atoms with van der Waals surface area (Å²) in [7, 11) is 0. The molecule has 0 saturated heterocycles. The van der Waals surface area contributed by atoms with Gasteiger partial charge in [0, 0.05) is 17.7 Å². The van der Waals surface area contributed by atoms with E-state index in [4.69, 9.17) is 5.73 Å². The second-order valence-corrected chi connectivity index (χ2v) is 8.50. The van der Waals surface area contributed by atoms with Gasteiger partial charge < -0.3 is 11.1 Å². The Balaban J connectivity index is 1.85. The van der Waals surface area contributed by atoms with Crippen molar-refractivity contribution in [3.05, 3.63) is 35.4 Å². The van der Waals surface area contributed by atoms with Crippen molar-refractivity contribution in [2.75, 3.05) is 6.54 Å². The Morgan fingerprint density at radius 1 is 0.633 bits per heavy atom. The zero-order chi connectivity index (χ0) is 21.9. The van der Waals surface area contributed by atoms with Crippen molar-refractivity contribution in [3.8, 4) is 0 Å². The normalized spacial score (nSPS) is 10.8. The topological polar surface area (TPSA) is 72.2 Å². The molecule has 0 saturated carbocycles. The minimum Gasteiger partial charge on any atom is -0.366 e. The lowest BCUT2D eigenvalue weighted by molar-refractivity contribution is 0.0950. The number of nitrogens with one attached hydrogen (secondary N) is 1. The average Bonchev–Trinajstić information content (AvgIpc) is 2.75. The summed E-state index contributed by atoms with van der Waals surface area (Å²) in [5, 5.41) is 2.94. The number of primary amides is 1. The summed E-state index contributed by atoms with van der Waals surface area (Å²) in [6.07, 6.45) is 21.5. The molecule has 0 aliphatic carbocycles. The first-order valence-electron chi connectivity index (χ1n) is 12.3. The van der Waals surface area contributed by atoms with Crippen LogP contribution in [0.1, 0.15) is 130 Å². The van der Waals surface area contributed by atoms with Crippen LogP contribution in [0.25, 0.3) is 0 Å². The number of unbranched alkanes of at least 4 members (excludes halogenated alkanes) is 15. The van der Waals surface area contributed by atoms with E-state index in [9.17, 15) is 9.59 Å². The standard InChI is InChI=1S/C26H44N2O2/c1-2-3-4-5-6-7-8-9-10-11-12-13-14-15-16-17-22-28-26(30)24-20-18-23(19-21-24)25(27)29/h18-21H,2-17,22H2,1H3,(H2,27,29)(H,28,30). The Labute approximate surface area is 184 Å². The van der Waals surface area contributed by atoms with Gasteiger partial charge in [0.15, 0.2) is 0 Å². The minimum atomic E-state index is -0.477. The van der Waals surface area contributed by atoms with E-state index >= 15 is 0 Å². The van der Waals surface area contributed by atoms with Gasteiger partial charge in [-0.25, -0.2) is 0 Å². The first-order valence-corrected chi connectivity index (χ1v) is 12.3. The quantitative estimate of drug-likeness (QED) is 0.244. The number of amides is 2. The fraction of sp³-hybridized carbons (Fsp3) is 0.692. The highest BCUT2D eigenvalue weighted by molar-refractivity contribution is 5.97. The third-order valence-electron chi connectivity index (χ3n) is 5.75. The van der Waals surface area contributed by atoms with E-state index in [2.05, 4.69) is 12.2 Å². The van der Waals surface area contributed by atoms with Gasteiger partial charge in [0.1, 0.15) is 0 Å². The van der Waals surface area contributed by atoms with Crippen LogP contribution in [0.5, 0.6) is 0 Å². The van der Waals surface area contributed by atoms with Crippen LogP contribution in [0.4, 0.5) is 0 Å². The maximum Gasteiger partial charge on any atom is 0.251 e. The summed E-state index contributed by atoms with van der Waals surface area (Å²) in [6, 6.07) is 6.46. The van der Waals surface area contributed by atoms with Crippen molar-refractivity contribution in [2.45, 2.75) is 110 Å². The number of carbonyl (C=O) groups excluding carboxylic acids is 2. The Kier molecular flexibility index (Phi) is 15.7. The van der Waals surface area contributed by atoms with Crippen molar-refractivity contribution in [1.82, 2.24) is 5.32 Å². The van der Waals surface area contributed by atoms with Gasteiger partial charge in [0.2, 0.25) is 5.91 Å². The van der Waals surface area contributed by atoms with Crippen molar-refractivity contribution in [2.24, 2.45) is 5.73 Å². The molecule has 0 atom stereocenters. The van der Waals surface area contributed by atoms with Crippen molar-refractivity contribution in [3.63, 3.8) is 0 Å². The van der Waals surface area contributed by atoms with Crippen LogP contribution in [-0.4, -0.2) is 18.4 Å². The Bertz CT molecular complexity index is 569. The maximum atomic E-state index is 12.1. The smallest absolute Gasteiger partial charge is 0.251 e. The van der Waals surface area contributed by atoms with Gasteiger partial charge in [-0.2, -0.15) is 0 Å². The van der Waals surface area contributed by atoms with Gasteiger partial charge >= 0.3 is 0 Å². The monoisotopic (exact) mass is 416 g/mol. The highest BCUT2D eigenvalue weighted by Gasteiger charge is 2.06. The molecule has 4 nitrogen and oxygen atoms in total. The van der Waals surface area contributed by atoms with Crippen molar-refractivity contribution in [1.29, 1.82) is 0 Å². The molecule has 0 spiro atoms. The predicted molar refractivity (Wildman–Crippen MR) is 127 cm³/mol. The zero-order valence-electron chi connectivity index (χ0n) is 19.2. The molecule has 0 aliphatic rings. The highest BCUT2D eigenvalue weighted by atomic mass is 16.2. The van der Waals surface area contributed by atoms with Crippen molar-refractivity contribution >= 4 is 11.8 Å². The number of hydrogen-bond donors (Lipinski definition) is 2. The molecule has 0 bridgehead atoms. The van der Waals surface area contributed by atoms with E-state index < -0.39 is 5.91 Å². The molecule has 0 fully saturated rings. The summed E-state index contributed by atoms with van der Waals surface area (Å²) in [5.74, 6) is -0.567. The molecule has 170 valence electrons. The Morgan fingerprint density at radius 2 is 1.00 bits per heavy atom. The third kappa shape index (κ3) is 13.4. The molecular weight excluding hydrogens is 372 g/mol. The molecular formula is C26H44N2O2. The molecule has 1 rings (SSSR count). The Morgan fingerprint density at radius 3 is 1.40 bits per heavy atom. The van der Waals surface area contributed by atoms with Crippen LogP contribution < -0.4 is 11.1 Å². The van der Waals surface area contributed by atoms with Crippen LogP contribution in [0, 0.1) is 0 Å². The number of hydrogen-bond acceptors (Lipinski definition) is 2. The minimum absolute atomic E-state index is 0.0908. The van der Waals surface area contributed by atoms with Gasteiger partial charge in [-0.3, -0.25) is 9.59 Å². The van der Waals surface area contributed by atoms with Gasteiger partial charge in [0.25, 0.3) is 5.91 Å². The molecule has 0 aliphatic heterocycles. The summed E-state index contributed by atoms with van der Waals surface area (Å²) in [6.45, 7) is 2.98. The average molecular weight is 417 g/mol. The number of benzene rings is 1. The molecule has 0 radical (unpaired) electrons. The second-order valence-electron chi connectivity index (χ2n) is 8.50. The number of rotatable bonds is 19. The largest absolute Gasteiger partial charge is 0.366 e. The van der Waals surface area contributed by atoms with E-state index in [1.807, 2.05) is 0 Å². The van der Waals surface area contributed by atoms with Crippen LogP contribution in [-0.2, 0) is 0 Å². The van der Waals surface area contributed by atoms with Gasteiger partial charge in [-0.05, 0) is 30.7 Å². The first-order chi connectivity index (χ1) is 14.6. The highest BCUT2D eigenvalue weighted by Crippen LogP contribution is 2.13. The molecule has 4 heteroatoms. The van der Waals surface area contributed by atoms with E-state index in [0.717, 1.165) is 6.42 Å². The fourth-order valence-corrected chi connectivity index (χ4v) is 3.76. The van der Waals surface area contributed by atoms with Crippen LogP contribution >= 0.6 is 0 Å². The van der Waals surface area contributed by atoms with E-state index in [0.29, 0.717) is 17.7 Å². The zero-order valence-corrected chi connectivity index (χ0v) is 19.2. The summed E-state index contributed by atoms with van der Waals surface area (Å²) >= 11 is 0. The molecule has 1 aromatic carbocycles. The molecule has 2 amide bonds. The van der Waals surface area contributed by atoms with Crippen LogP contribution in [0.3, 0.4) is 0 Å². The number of carbonyl (C=O) groups is 2. The van der Waals surface area contributed by atoms with Gasteiger partial charge in [0.05, 0.1) is 0 Å². The lowest BCUT2D eigenvalue weighted by Crippen LogP contribution is -2.24. The summed E-state index contributed by atoms with van der Waals surface area (Å²) in [4.78, 5) is 23.1. The third-order valence-corrected chi connectivity index (χ3v) is 5.75. The molecule has 30 heavy (non-hydrogen) atoms. The van der Waals surface area contributed by atoms with Gasteiger partial charge in [-0.1, -0.05) is 103 Å². The lowest BCUT2D eigenvalue weighted by Gasteiger charge is -2.06. The molecule has 3 N–H and O–H groups in total. The second kappa shape index (κ2) is 18.0. The van der Waals surface area contributed by atoms with E-state index in [-0.39, 0.29) is 5.91 Å². The predicted octanol–water partition coefficient (Wildman–Crippen LogP) is 6.78. The maximum absolute atomic E-state index is 12.1. The summed E-state index contributed by atoms with van der Waals surface area (Å²) < 4.78 is 0. The van der Waals surface area contributed by atoms with E-state index in [1.165, 1.54) is 96.3 Å². The fourth-order valence-electron chi connectivity index (χ4n) is 3.76. The summed E-state index contributed by atoms with van der Waals surface area (Å²) in [5.41, 5.74) is 6.19. The van der Waals surface area contributed by atoms with Crippen molar-refractivity contribution < 1.29 is 9.59 Å². The SMILES string of the molecule is CCCCCCCCCCCCCCCCCCNC(=O)c1ccc(C(N)=O)cc1. The molecule has 0 aromatic heterocycles. The number of nitrogens with two attached hydrogens (primary N) is 1. The first kappa shape index (κ1) is 26.2. The molecule has 0 unspecified atom stereocenters. The van der Waals surface area contributed by atoms with Crippen LogP contribution in [0.15, 0.2) is 24.3 Å². The van der Waals surface area contributed by atoms with Crippen LogP contribution in [0.2, 0.25) is 0 Å². The molecule has 1 aromatic rings. The Hall–Kier alpha value is -1.84. The van der Waals surface area contributed by atoms with E-state index in [1.54, 1.807) is 24.3 Å². The molecule has 0 heterocycles. The van der Waals surface area contributed by atoms with Gasteiger partial charge in [-0.15, -0.1) is 0 Å².